The molecule has 0 bridgehead atoms. The summed E-state index contributed by atoms with van der Waals surface area (Å²) in [4.78, 5) is 16.5. The summed E-state index contributed by atoms with van der Waals surface area (Å²) in [6.07, 6.45) is 2.34. The van der Waals surface area contributed by atoms with Crippen LogP contribution < -0.4 is 21.5 Å². The predicted molar refractivity (Wildman–Crippen MR) is 85.4 cm³/mol. The third-order valence-electron chi connectivity index (χ3n) is 3.46. The summed E-state index contributed by atoms with van der Waals surface area (Å²) >= 11 is 1.71. The lowest BCUT2D eigenvalue weighted by molar-refractivity contribution is 0.844. The zero-order chi connectivity index (χ0) is 14.7. The van der Waals surface area contributed by atoms with Crippen LogP contribution in [-0.2, 0) is 0 Å². The zero-order valence-electron chi connectivity index (χ0n) is 11.9. The van der Waals surface area contributed by atoms with E-state index in [1.54, 1.807) is 11.3 Å². The first-order valence-electron chi connectivity index (χ1n) is 7.04. The number of nitrogen functional groups attached to an aromatic ring is 1. The Morgan fingerprint density at radius 1 is 1.24 bits per heavy atom. The van der Waals surface area contributed by atoms with Crippen LogP contribution in [0.1, 0.15) is 30.7 Å². The molecular weight excluding hydrogens is 286 g/mol. The van der Waals surface area contributed by atoms with Gasteiger partial charge in [-0.2, -0.15) is 15.0 Å². The number of hydrogen-bond acceptors (Lipinski definition) is 8. The van der Waals surface area contributed by atoms with Crippen LogP contribution in [0.2, 0.25) is 0 Å². The monoisotopic (exact) mass is 305 g/mol. The van der Waals surface area contributed by atoms with Crippen LogP contribution in [0.4, 0.5) is 17.8 Å². The Labute approximate surface area is 127 Å². The van der Waals surface area contributed by atoms with Gasteiger partial charge in [-0.15, -0.1) is 11.3 Å². The lowest BCUT2D eigenvalue weighted by atomic mass is 10.3. The molecule has 2 aromatic rings. The van der Waals surface area contributed by atoms with Crippen LogP contribution in [0, 0.1) is 0 Å². The van der Waals surface area contributed by atoms with Crippen molar-refractivity contribution < 1.29 is 0 Å². The molecule has 1 aliphatic rings. The molecule has 1 aliphatic heterocycles. The van der Waals surface area contributed by atoms with Gasteiger partial charge in [-0.25, -0.2) is 5.84 Å². The Morgan fingerprint density at radius 3 is 2.67 bits per heavy atom. The van der Waals surface area contributed by atoms with Crippen LogP contribution >= 0.6 is 11.3 Å². The maximum Gasteiger partial charge on any atom is 0.243 e. The molecule has 1 atom stereocenters. The van der Waals surface area contributed by atoms with Gasteiger partial charge in [0.2, 0.25) is 17.8 Å². The quantitative estimate of drug-likeness (QED) is 0.574. The number of nitrogens with zero attached hydrogens (tertiary/aromatic N) is 4. The number of anilines is 3. The first kappa shape index (κ1) is 14.0. The van der Waals surface area contributed by atoms with Gasteiger partial charge in [-0.1, -0.05) is 6.07 Å². The van der Waals surface area contributed by atoms with Crippen molar-refractivity contribution in [3.8, 4) is 0 Å². The van der Waals surface area contributed by atoms with Crippen molar-refractivity contribution in [1.82, 2.24) is 15.0 Å². The minimum atomic E-state index is 0.143. The van der Waals surface area contributed by atoms with Gasteiger partial charge in [0.05, 0.1) is 6.04 Å². The Hall–Kier alpha value is -1.93. The molecule has 0 spiro atoms. The second-order valence-electron chi connectivity index (χ2n) is 5.00. The van der Waals surface area contributed by atoms with Crippen LogP contribution in [-0.4, -0.2) is 28.0 Å². The van der Waals surface area contributed by atoms with E-state index >= 15 is 0 Å². The highest BCUT2D eigenvalue weighted by Gasteiger charge is 2.18. The van der Waals surface area contributed by atoms with E-state index in [9.17, 15) is 0 Å². The van der Waals surface area contributed by atoms with E-state index in [2.05, 4.69) is 49.0 Å². The number of aromatic nitrogens is 3. The first-order chi connectivity index (χ1) is 10.3. The Balaban J connectivity index is 1.81. The maximum atomic E-state index is 5.46. The summed E-state index contributed by atoms with van der Waals surface area (Å²) in [6.45, 7) is 4.04. The van der Waals surface area contributed by atoms with Gasteiger partial charge < -0.3 is 10.2 Å². The number of hydrogen-bond donors (Lipinski definition) is 3. The molecule has 0 aromatic carbocycles. The second-order valence-corrected chi connectivity index (χ2v) is 5.98. The number of thiophene rings is 1. The predicted octanol–water partition coefficient (Wildman–Crippen LogP) is 1.99. The van der Waals surface area contributed by atoms with Crippen LogP contribution in [0.25, 0.3) is 0 Å². The number of nitrogens with one attached hydrogen (secondary N) is 2. The Kier molecular flexibility index (Phi) is 4.16. The average molecular weight is 305 g/mol. The SMILES string of the molecule is CC(Nc1nc(NN)nc(N2CCCC2)n1)c1cccs1. The largest absolute Gasteiger partial charge is 0.347 e. The van der Waals surface area contributed by atoms with Crippen LogP contribution in [0.3, 0.4) is 0 Å². The molecule has 8 heteroatoms. The molecule has 1 fully saturated rings. The molecule has 7 nitrogen and oxygen atoms in total. The summed E-state index contributed by atoms with van der Waals surface area (Å²) in [7, 11) is 0. The van der Waals surface area contributed by atoms with Gasteiger partial charge in [0.15, 0.2) is 0 Å². The summed E-state index contributed by atoms with van der Waals surface area (Å²) in [5, 5.41) is 5.37. The molecule has 1 saturated heterocycles. The standard InChI is InChI=1S/C13H19N7S/c1-9(10-5-4-8-21-10)15-11-16-12(19-14)18-13(17-11)20-6-2-3-7-20/h4-5,8-9H,2-3,6-7,14H2,1H3,(H2,15,16,17,18,19). The summed E-state index contributed by atoms with van der Waals surface area (Å²) in [5.41, 5.74) is 2.51. The van der Waals surface area contributed by atoms with E-state index in [1.807, 2.05) is 6.07 Å². The molecule has 112 valence electrons. The van der Waals surface area contributed by atoms with E-state index in [1.165, 1.54) is 17.7 Å². The van der Waals surface area contributed by atoms with Gasteiger partial charge in [0, 0.05) is 18.0 Å². The lowest BCUT2D eigenvalue weighted by Crippen LogP contribution is -2.23. The highest BCUT2D eigenvalue weighted by Crippen LogP contribution is 2.23. The summed E-state index contributed by atoms with van der Waals surface area (Å²) in [5.74, 6) is 7.07. The Bertz CT molecular complexity index is 580. The average Bonchev–Trinajstić information content (AvgIpc) is 3.19. The van der Waals surface area contributed by atoms with Crippen molar-refractivity contribution in [3.63, 3.8) is 0 Å². The van der Waals surface area contributed by atoms with Gasteiger partial charge in [0.1, 0.15) is 0 Å². The van der Waals surface area contributed by atoms with Crippen molar-refractivity contribution in [2.45, 2.75) is 25.8 Å². The molecule has 0 aliphatic carbocycles. The third kappa shape index (κ3) is 3.22. The molecule has 0 radical (unpaired) electrons. The van der Waals surface area contributed by atoms with Crippen LogP contribution in [0.15, 0.2) is 17.5 Å². The maximum absolute atomic E-state index is 5.46. The van der Waals surface area contributed by atoms with E-state index < -0.39 is 0 Å². The highest BCUT2D eigenvalue weighted by atomic mass is 32.1. The van der Waals surface area contributed by atoms with E-state index in [0.29, 0.717) is 17.8 Å². The van der Waals surface area contributed by atoms with E-state index in [0.717, 1.165) is 13.1 Å². The van der Waals surface area contributed by atoms with Gasteiger partial charge in [-0.3, -0.25) is 5.43 Å². The van der Waals surface area contributed by atoms with Gasteiger partial charge in [-0.05, 0) is 31.2 Å². The molecule has 3 heterocycles. The third-order valence-corrected chi connectivity index (χ3v) is 4.51. The fourth-order valence-corrected chi connectivity index (χ4v) is 3.09. The molecule has 4 N–H and O–H groups in total. The van der Waals surface area contributed by atoms with Crippen molar-refractivity contribution >= 4 is 29.2 Å². The highest BCUT2D eigenvalue weighted by molar-refractivity contribution is 7.10. The minimum Gasteiger partial charge on any atom is -0.347 e. The van der Waals surface area contributed by atoms with Crippen LogP contribution in [0.5, 0.6) is 0 Å². The molecule has 3 rings (SSSR count). The fourth-order valence-electron chi connectivity index (χ4n) is 2.35. The van der Waals surface area contributed by atoms with Gasteiger partial charge >= 0.3 is 0 Å². The smallest absolute Gasteiger partial charge is 0.243 e. The van der Waals surface area contributed by atoms with Crippen molar-refractivity contribution in [1.29, 1.82) is 0 Å². The molecule has 0 saturated carbocycles. The first-order valence-corrected chi connectivity index (χ1v) is 7.92. The topological polar surface area (TPSA) is 92.0 Å². The van der Waals surface area contributed by atoms with Crippen molar-refractivity contribution in [3.05, 3.63) is 22.4 Å². The van der Waals surface area contributed by atoms with E-state index in [-0.39, 0.29) is 6.04 Å². The van der Waals surface area contributed by atoms with Gasteiger partial charge in [0.25, 0.3) is 0 Å². The summed E-state index contributed by atoms with van der Waals surface area (Å²) in [6, 6.07) is 4.27. The molecule has 0 amide bonds. The zero-order valence-corrected chi connectivity index (χ0v) is 12.7. The van der Waals surface area contributed by atoms with E-state index in [4.69, 9.17) is 5.84 Å². The summed E-state index contributed by atoms with van der Waals surface area (Å²) < 4.78 is 0. The molecule has 1 unspecified atom stereocenters. The molecular formula is C13H19N7S. The normalized spacial score (nSPS) is 16.0. The number of rotatable bonds is 5. The van der Waals surface area contributed by atoms with Crippen molar-refractivity contribution in [2.75, 3.05) is 28.7 Å². The fraction of sp³-hybridized carbons (Fsp3) is 0.462. The minimum absolute atomic E-state index is 0.143. The number of nitrogens with two attached hydrogens (primary N) is 1. The van der Waals surface area contributed by atoms with Crippen molar-refractivity contribution in [2.24, 2.45) is 5.84 Å². The second kappa shape index (κ2) is 6.23. The Morgan fingerprint density at radius 2 is 2.00 bits per heavy atom. The number of hydrazine groups is 1. The molecule has 2 aromatic heterocycles. The molecule has 21 heavy (non-hydrogen) atoms. The lowest BCUT2D eigenvalue weighted by Gasteiger charge is -2.18.